The predicted octanol–water partition coefficient (Wildman–Crippen LogP) is 1.19. The van der Waals surface area contributed by atoms with Gasteiger partial charge in [0.05, 0.1) is 6.21 Å². The molecule has 8 heteroatoms. The Kier molecular flexibility index (Phi) is 3.91. The summed E-state index contributed by atoms with van der Waals surface area (Å²) in [6.07, 6.45) is -3.71. The standard InChI is InChI=1S/C9H9F3N4O/c10-9(11,12)17-7-4-2-1-3-6(7)5-15-16-8(13)14/h1-5H,(H4,13,14,16). The summed E-state index contributed by atoms with van der Waals surface area (Å²) in [5, 5.41) is 6.66. The Morgan fingerprint density at radius 1 is 1.24 bits per heavy atom. The van der Waals surface area contributed by atoms with Gasteiger partial charge in [-0.15, -0.1) is 18.3 Å². The number of nitrogens with two attached hydrogens (primary N) is 2. The third kappa shape index (κ3) is 4.87. The second-order valence-corrected chi connectivity index (χ2v) is 2.86. The van der Waals surface area contributed by atoms with E-state index in [9.17, 15) is 13.2 Å². The Labute approximate surface area is 94.6 Å². The SMILES string of the molecule is NC(N)=NN=Cc1ccccc1OC(F)(F)F. The van der Waals surface area contributed by atoms with Crippen molar-refractivity contribution in [1.29, 1.82) is 0 Å². The topological polar surface area (TPSA) is 86.0 Å². The summed E-state index contributed by atoms with van der Waals surface area (Å²) in [7, 11) is 0. The van der Waals surface area contributed by atoms with Crippen molar-refractivity contribution < 1.29 is 17.9 Å². The van der Waals surface area contributed by atoms with Gasteiger partial charge in [0.2, 0.25) is 5.96 Å². The highest BCUT2D eigenvalue weighted by Gasteiger charge is 2.31. The quantitative estimate of drug-likeness (QED) is 0.477. The van der Waals surface area contributed by atoms with Gasteiger partial charge >= 0.3 is 6.36 Å². The lowest BCUT2D eigenvalue weighted by atomic mass is 10.2. The Morgan fingerprint density at radius 2 is 1.88 bits per heavy atom. The van der Waals surface area contributed by atoms with Gasteiger partial charge in [0.25, 0.3) is 0 Å². The van der Waals surface area contributed by atoms with Crippen LogP contribution in [0.5, 0.6) is 5.75 Å². The van der Waals surface area contributed by atoms with Crippen LogP contribution in [-0.2, 0) is 0 Å². The summed E-state index contributed by atoms with van der Waals surface area (Å²) < 4.78 is 39.9. The van der Waals surface area contributed by atoms with Gasteiger partial charge in [0.15, 0.2) is 0 Å². The van der Waals surface area contributed by atoms with Gasteiger partial charge in [0.1, 0.15) is 5.75 Å². The number of nitrogens with zero attached hydrogens (tertiary/aromatic N) is 2. The number of alkyl halides is 3. The number of hydrogen-bond acceptors (Lipinski definition) is 3. The van der Waals surface area contributed by atoms with Crippen LogP contribution in [0.25, 0.3) is 0 Å². The largest absolute Gasteiger partial charge is 0.573 e. The van der Waals surface area contributed by atoms with Crippen molar-refractivity contribution in [3.8, 4) is 5.75 Å². The highest BCUT2D eigenvalue weighted by atomic mass is 19.4. The lowest BCUT2D eigenvalue weighted by molar-refractivity contribution is -0.274. The van der Waals surface area contributed by atoms with Crippen LogP contribution >= 0.6 is 0 Å². The van der Waals surface area contributed by atoms with Gasteiger partial charge < -0.3 is 16.2 Å². The minimum absolute atomic E-state index is 0.106. The summed E-state index contributed by atoms with van der Waals surface area (Å²) in [5.41, 5.74) is 10.1. The molecule has 0 saturated carbocycles. The first-order chi connectivity index (χ1) is 7.88. The fraction of sp³-hybridized carbons (Fsp3) is 0.111. The number of hydrogen-bond donors (Lipinski definition) is 2. The molecule has 0 fully saturated rings. The van der Waals surface area contributed by atoms with Gasteiger partial charge in [-0.2, -0.15) is 5.10 Å². The molecule has 17 heavy (non-hydrogen) atoms. The molecule has 4 N–H and O–H groups in total. The maximum Gasteiger partial charge on any atom is 0.573 e. The van der Waals surface area contributed by atoms with Gasteiger partial charge in [-0.05, 0) is 12.1 Å². The van der Waals surface area contributed by atoms with Gasteiger partial charge in [0, 0.05) is 5.56 Å². The van der Waals surface area contributed by atoms with E-state index in [0.29, 0.717) is 0 Å². The molecule has 0 amide bonds. The Balaban J connectivity index is 2.92. The van der Waals surface area contributed by atoms with Crippen LogP contribution in [0.3, 0.4) is 0 Å². The maximum atomic E-state index is 12.0. The third-order valence-electron chi connectivity index (χ3n) is 1.51. The molecule has 0 bridgehead atoms. The van der Waals surface area contributed by atoms with Crippen molar-refractivity contribution in [3.05, 3.63) is 29.8 Å². The lowest BCUT2D eigenvalue weighted by Gasteiger charge is -2.10. The molecule has 0 radical (unpaired) electrons. The van der Waals surface area contributed by atoms with Crippen LogP contribution in [0.4, 0.5) is 13.2 Å². The van der Waals surface area contributed by atoms with Crippen LogP contribution < -0.4 is 16.2 Å². The number of rotatable bonds is 3. The average Bonchev–Trinajstić information content (AvgIpc) is 2.17. The molecule has 1 aromatic carbocycles. The molecule has 0 atom stereocenters. The van der Waals surface area contributed by atoms with E-state index in [1.54, 1.807) is 0 Å². The Hall–Kier alpha value is -2.25. The molecule has 1 rings (SSSR count). The number of guanidine groups is 1. The molecule has 0 aliphatic carbocycles. The minimum atomic E-state index is -4.76. The van der Waals surface area contributed by atoms with Crippen molar-refractivity contribution in [3.63, 3.8) is 0 Å². The zero-order valence-corrected chi connectivity index (χ0v) is 8.48. The zero-order valence-electron chi connectivity index (χ0n) is 8.48. The van der Waals surface area contributed by atoms with E-state index >= 15 is 0 Å². The van der Waals surface area contributed by atoms with E-state index in [1.165, 1.54) is 18.2 Å². The average molecular weight is 246 g/mol. The molecule has 0 aliphatic heterocycles. The van der Waals surface area contributed by atoms with E-state index in [2.05, 4.69) is 14.9 Å². The molecular weight excluding hydrogens is 237 g/mol. The van der Waals surface area contributed by atoms with Crippen molar-refractivity contribution in [2.24, 2.45) is 21.7 Å². The number of ether oxygens (including phenoxy) is 1. The summed E-state index contributed by atoms with van der Waals surface area (Å²) >= 11 is 0. The zero-order chi connectivity index (χ0) is 12.9. The predicted molar refractivity (Wildman–Crippen MR) is 56.5 cm³/mol. The molecular formula is C9H9F3N4O. The summed E-state index contributed by atoms with van der Waals surface area (Å²) in [6.45, 7) is 0. The van der Waals surface area contributed by atoms with Gasteiger partial charge in [-0.1, -0.05) is 12.1 Å². The Morgan fingerprint density at radius 3 is 2.47 bits per heavy atom. The van der Waals surface area contributed by atoms with E-state index in [0.717, 1.165) is 12.3 Å². The molecule has 0 aromatic heterocycles. The van der Waals surface area contributed by atoms with Crippen molar-refractivity contribution >= 4 is 12.2 Å². The summed E-state index contributed by atoms with van der Waals surface area (Å²) in [6, 6.07) is 5.47. The van der Waals surface area contributed by atoms with E-state index in [4.69, 9.17) is 11.5 Å². The van der Waals surface area contributed by atoms with Crippen LogP contribution in [0.2, 0.25) is 0 Å². The number of benzene rings is 1. The van der Waals surface area contributed by atoms with E-state index in [-0.39, 0.29) is 17.3 Å². The monoisotopic (exact) mass is 246 g/mol. The second kappa shape index (κ2) is 5.19. The first-order valence-electron chi connectivity index (χ1n) is 4.35. The smallest absolute Gasteiger partial charge is 0.405 e. The first kappa shape index (κ1) is 12.8. The highest BCUT2D eigenvalue weighted by molar-refractivity contribution is 5.84. The third-order valence-corrected chi connectivity index (χ3v) is 1.51. The fourth-order valence-electron chi connectivity index (χ4n) is 0.963. The molecule has 0 saturated heterocycles. The molecule has 0 heterocycles. The van der Waals surface area contributed by atoms with Gasteiger partial charge in [-0.25, -0.2) is 0 Å². The molecule has 1 aromatic rings. The summed E-state index contributed by atoms with van der Waals surface area (Å²) in [5.74, 6) is -0.676. The highest BCUT2D eigenvalue weighted by Crippen LogP contribution is 2.25. The van der Waals surface area contributed by atoms with E-state index < -0.39 is 6.36 Å². The number of halogens is 3. The molecule has 92 valence electrons. The Bertz CT molecular complexity index is 438. The normalized spacial score (nSPS) is 11.5. The summed E-state index contributed by atoms with van der Waals surface area (Å²) in [4.78, 5) is 0. The minimum Gasteiger partial charge on any atom is -0.405 e. The molecule has 0 spiro atoms. The second-order valence-electron chi connectivity index (χ2n) is 2.86. The van der Waals surface area contributed by atoms with Crippen LogP contribution in [-0.4, -0.2) is 18.5 Å². The van der Waals surface area contributed by atoms with Gasteiger partial charge in [-0.3, -0.25) is 0 Å². The van der Waals surface area contributed by atoms with Crippen LogP contribution in [0, 0.1) is 0 Å². The fourth-order valence-corrected chi connectivity index (χ4v) is 0.963. The van der Waals surface area contributed by atoms with Crippen molar-refractivity contribution in [1.82, 2.24) is 0 Å². The lowest BCUT2D eigenvalue weighted by Crippen LogP contribution is -2.21. The molecule has 0 aliphatic rings. The molecule has 5 nitrogen and oxygen atoms in total. The maximum absolute atomic E-state index is 12.0. The molecule has 0 unspecified atom stereocenters. The number of para-hydroxylation sites is 1. The first-order valence-corrected chi connectivity index (χ1v) is 4.35. The van der Waals surface area contributed by atoms with Crippen molar-refractivity contribution in [2.75, 3.05) is 0 Å². The van der Waals surface area contributed by atoms with Crippen molar-refractivity contribution in [2.45, 2.75) is 6.36 Å². The van der Waals surface area contributed by atoms with E-state index in [1.807, 2.05) is 0 Å². The van der Waals surface area contributed by atoms with Crippen LogP contribution in [0.15, 0.2) is 34.5 Å². The van der Waals surface area contributed by atoms with Crippen LogP contribution in [0.1, 0.15) is 5.56 Å².